The summed E-state index contributed by atoms with van der Waals surface area (Å²) in [7, 11) is 1.52. The fourth-order valence-electron chi connectivity index (χ4n) is 2.71. The first kappa shape index (κ1) is 19.8. The number of imidazole rings is 1. The largest absolute Gasteiger partial charge is 0.329 e. The minimum Gasteiger partial charge on any atom is -0.303 e. The summed E-state index contributed by atoms with van der Waals surface area (Å²) < 4.78 is 16.8. The molecule has 0 fully saturated rings. The van der Waals surface area contributed by atoms with Crippen molar-refractivity contribution in [2.24, 2.45) is 18.1 Å². The molecule has 0 spiro atoms. The van der Waals surface area contributed by atoms with Crippen molar-refractivity contribution in [2.75, 3.05) is 5.43 Å². The third-order valence-electron chi connectivity index (χ3n) is 4.30. The Morgan fingerprint density at radius 1 is 1.39 bits per heavy atom. The number of anilines is 1. The van der Waals surface area contributed by atoms with Crippen LogP contribution in [0.25, 0.3) is 11.2 Å². The summed E-state index contributed by atoms with van der Waals surface area (Å²) in [5, 5.41) is 4.24. The first-order valence-corrected chi connectivity index (χ1v) is 9.10. The molecule has 0 unspecified atom stereocenters. The number of benzene rings is 1. The number of halogens is 2. The molecule has 1 aromatic carbocycles. The molecular weight excluding hydrogens is 387 g/mol. The van der Waals surface area contributed by atoms with E-state index in [0.717, 1.165) is 6.42 Å². The van der Waals surface area contributed by atoms with Gasteiger partial charge in [-0.15, -0.1) is 0 Å². The van der Waals surface area contributed by atoms with Crippen LogP contribution in [0.3, 0.4) is 0 Å². The molecule has 3 aromatic rings. The average Bonchev–Trinajstić information content (AvgIpc) is 2.99. The number of H-pyrrole nitrogens is 1. The number of aromatic amines is 1. The molecule has 0 aliphatic rings. The van der Waals surface area contributed by atoms with E-state index in [1.54, 1.807) is 10.6 Å². The van der Waals surface area contributed by atoms with E-state index in [-0.39, 0.29) is 27.7 Å². The predicted octanol–water partition coefficient (Wildman–Crippen LogP) is 2.71. The Morgan fingerprint density at radius 2 is 2.14 bits per heavy atom. The van der Waals surface area contributed by atoms with Gasteiger partial charge >= 0.3 is 5.69 Å². The molecule has 0 aliphatic carbocycles. The second-order valence-electron chi connectivity index (χ2n) is 6.77. The van der Waals surface area contributed by atoms with Crippen LogP contribution >= 0.6 is 11.6 Å². The molecule has 0 saturated carbocycles. The van der Waals surface area contributed by atoms with E-state index in [9.17, 15) is 14.0 Å². The highest BCUT2D eigenvalue weighted by Gasteiger charge is 2.17. The van der Waals surface area contributed by atoms with Gasteiger partial charge < -0.3 is 4.57 Å². The van der Waals surface area contributed by atoms with E-state index in [4.69, 9.17) is 11.6 Å². The van der Waals surface area contributed by atoms with Crippen LogP contribution in [0.2, 0.25) is 5.02 Å². The number of aromatic nitrogens is 4. The summed E-state index contributed by atoms with van der Waals surface area (Å²) in [5.74, 6) is 0.147. The van der Waals surface area contributed by atoms with Crippen LogP contribution < -0.4 is 16.7 Å². The fourth-order valence-corrected chi connectivity index (χ4v) is 2.93. The second-order valence-corrected chi connectivity index (χ2v) is 7.17. The Kier molecular flexibility index (Phi) is 5.64. The summed E-state index contributed by atoms with van der Waals surface area (Å²) in [6, 6.07) is 4.33. The topological polar surface area (TPSA) is 97.1 Å². The lowest BCUT2D eigenvalue weighted by Gasteiger charge is -2.09. The number of aryl methyl sites for hydroxylation is 2. The number of hydrogen-bond acceptors (Lipinski definition) is 5. The molecule has 2 aromatic heterocycles. The maximum absolute atomic E-state index is 13.9. The van der Waals surface area contributed by atoms with Crippen molar-refractivity contribution in [3.8, 4) is 0 Å². The lowest BCUT2D eigenvalue weighted by Crippen LogP contribution is -2.29. The standard InChI is InChI=1S/C18H20ClFN6O2/c1-10(2)7-8-26-14-15(25(3)18(28)23-16(14)27)22-17(26)24-21-9-11-12(19)5-4-6-13(11)20/h4-6,9-10H,7-8H2,1-3H3,(H,22,24)(H,23,27,28)/b21-9-. The van der Waals surface area contributed by atoms with Crippen LogP contribution in [0.15, 0.2) is 32.9 Å². The summed E-state index contributed by atoms with van der Waals surface area (Å²) in [4.78, 5) is 30.8. The molecule has 2 N–H and O–H groups in total. The van der Waals surface area contributed by atoms with E-state index in [0.29, 0.717) is 12.5 Å². The van der Waals surface area contributed by atoms with Gasteiger partial charge in [0.2, 0.25) is 5.95 Å². The second kappa shape index (κ2) is 7.97. The third kappa shape index (κ3) is 3.84. The van der Waals surface area contributed by atoms with Crippen molar-refractivity contribution in [1.82, 2.24) is 19.1 Å². The molecule has 0 saturated heterocycles. The minimum atomic E-state index is -0.556. The zero-order valence-corrected chi connectivity index (χ0v) is 16.4. The summed E-state index contributed by atoms with van der Waals surface area (Å²) in [5.41, 5.74) is 2.28. The first-order chi connectivity index (χ1) is 13.3. The number of nitrogens with one attached hydrogen (secondary N) is 2. The highest BCUT2D eigenvalue weighted by atomic mass is 35.5. The smallest absolute Gasteiger partial charge is 0.303 e. The molecule has 0 atom stereocenters. The molecular formula is C18H20ClFN6O2. The molecule has 3 rings (SSSR count). The van der Waals surface area contributed by atoms with Crippen molar-refractivity contribution < 1.29 is 4.39 Å². The fraction of sp³-hybridized carbons (Fsp3) is 0.333. The van der Waals surface area contributed by atoms with Gasteiger partial charge in [-0.3, -0.25) is 14.3 Å². The Hall–Kier alpha value is -2.94. The maximum atomic E-state index is 13.9. The van der Waals surface area contributed by atoms with Crippen molar-refractivity contribution in [2.45, 2.75) is 26.8 Å². The summed E-state index contributed by atoms with van der Waals surface area (Å²) in [6.45, 7) is 4.61. The van der Waals surface area contributed by atoms with Crippen molar-refractivity contribution >= 4 is 34.9 Å². The molecule has 10 heteroatoms. The molecule has 8 nitrogen and oxygen atoms in total. The van der Waals surface area contributed by atoms with Gasteiger partial charge in [-0.05, 0) is 24.5 Å². The first-order valence-electron chi connectivity index (χ1n) is 8.72. The van der Waals surface area contributed by atoms with Gasteiger partial charge in [-0.2, -0.15) is 10.1 Å². The monoisotopic (exact) mass is 406 g/mol. The molecule has 0 radical (unpaired) electrons. The number of hydrogen-bond donors (Lipinski definition) is 2. The van der Waals surface area contributed by atoms with Gasteiger partial charge in [0.05, 0.1) is 11.2 Å². The van der Waals surface area contributed by atoms with Gasteiger partial charge in [-0.25, -0.2) is 14.6 Å². The zero-order chi connectivity index (χ0) is 20.4. The van der Waals surface area contributed by atoms with Crippen LogP contribution in [-0.4, -0.2) is 25.3 Å². The van der Waals surface area contributed by atoms with E-state index < -0.39 is 17.1 Å². The Morgan fingerprint density at radius 3 is 2.82 bits per heavy atom. The molecule has 148 valence electrons. The van der Waals surface area contributed by atoms with E-state index in [1.807, 2.05) is 0 Å². The number of nitrogens with zero attached hydrogens (tertiary/aromatic N) is 4. The normalized spacial score (nSPS) is 11.8. The van der Waals surface area contributed by atoms with Crippen molar-refractivity contribution in [3.63, 3.8) is 0 Å². The third-order valence-corrected chi connectivity index (χ3v) is 4.62. The molecule has 0 aliphatic heterocycles. The van der Waals surface area contributed by atoms with E-state index in [2.05, 4.69) is 34.3 Å². The molecule has 28 heavy (non-hydrogen) atoms. The molecule has 0 bridgehead atoms. The van der Waals surface area contributed by atoms with Gasteiger partial charge in [0.25, 0.3) is 5.56 Å². The zero-order valence-electron chi connectivity index (χ0n) is 15.7. The van der Waals surface area contributed by atoms with Crippen LogP contribution in [0, 0.1) is 11.7 Å². The highest BCUT2D eigenvalue weighted by molar-refractivity contribution is 6.33. The lowest BCUT2D eigenvalue weighted by molar-refractivity contribution is 0.524. The number of fused-ring (bicyclic) bond motifs is 1. The van der Waals surface area contributed by atoms with Gasteiger partial charge in [0.1, 0.15) is 5.82 Å². The van der Waals surface area contributed by atoms with Crippen LogP contribution in [0.5, 0.6) is 0 Å². The van der Waals surface area contributed by atoms with E-state index >= 15 is 0 Å². The quantitative estimate of drug-likeness (QED) is 0.486. The SMILES string of the molecule is CC(C)CCn1c(N/N=C\c2c(F)cccc2Cl)nc2c1c(=O)[nH]c(=O)n2C. The van der Waals surface area contributed by atoms with Crippen LogP contribution in [0.1, 0.15) is 25.8 Å². The predicted molar refractivity (Wildman–Crippen MR) is 108 cm³/mol. The van der Waals surface area contributed by atoms with Gasteiger partial charge in [0.15, 0.2) is 11.2 Å². The Balaban J connectivity index is 2.04. The Labute approximate surface area is 164 Å². The van der Waals surface area contributed by atoms with Gasteiger partial charge in [0, 0.05) is 19.2 Å². The van der Waals surface area contributed by atoms with Crippen LogP contribution in [0.4, 0.5) is 10.3 Å². The Bertz CT molecular complexity index is 1140. The number of rotatable bonds is 6. The summed E-state index contributed by atoms with van der Waals surface area (Å²) >= 11 is 5.99. The highest BCUT2D eigenvalue weighted by Crippen LogP contribution is 2.19. The molecule has 2 heterocycles. The number of hydrazone groups is 1. The molecule has 0 amide bonds. The minimum absolute atomic E-state index is 0.131. The van der Waals surface area contributed by atoms with Gasteiger partial charge in [-0.1, -0.05) is 31.5 Å². The van der Waals surface area contributed by atoms with Crippen molar-refractivity contribution in [3.05, 3.63) is 55.4 Å². The maximum Gasteiger partial charge on any atom is 0.329 e. The van der Waals surface area contributed by atoms with Crippen LogP contribution in [-0.2, 0) is 13.6 Å². The summed E-state index contributed by atoms with van der Waals surface area (Å²) in [6.07, 6.45) is 2.03. The average molecular weight is 407 g/mol. The van der Waals surface area contributed by atoms with E-state index in [1.165, 1.54) is 30.0 Å². The lowest BCUT2D eigenvalue weighted by atomic mass is 10.1. The van der Waals surface area contributed by atoms with Crippen molar-refractivity contribution in [1.29, 1.82) is 0 Å².